The van der Waals surface area contributed by atoms with E-state index in [-0.39, 0.29) is 11.2 Å². The van der Waals surface area contributed by atoms with Crippen LogP contribution in [0.3, 0.4) is 0 Å². The van der Waals surface area contributed by atoms with Crippen molar-refractivity contribution in [1.82, 2.24) is 15.0 Å². The van der Waals surface area contributed by atoms with Crippen molar-refractivity contribution in [3.8, 4) is 17.1 Å². The Labute approximate surface area is 248 Å². The number of nitrogens with zero attached hydrogens (tertiary/aromatic N) is 4. The van der Waals surface area contributed by atoms with E-state index in [0.29, 0.717) is 53.5 Å². The van der Waals surface area contributed by atoms with Crippen molar-refractivity contribution in [2.24, 2.45) is 5.41 Å². The Morgan fingerprint density at radius 2 is 1.76 bits per heavy atom. The maximum atomic E-state index is 13.2. The van der Waals surface area contributed by atoms with Gasteiger partial charge in [-0.05, 0) is 70.1 Å². The molecule has 3 heterocycles. The van der Waals surface area contributed by atoms with Gasteiger partial charge in [-0.2, -0.15) is 0 Å². The molecule has 0 radical (unpaired) electrons. The molecule has 0 spiro atoms. The third kappa shape index (κ3) is 7.43. The first-order valence-corrected chi connectivity index (χ1v) is 14.7. The van der Waals surface area contributed by atoms with E-state index in [4.69, 9.17) is 14.5 Å². The lowest BCUT2D eigenvalue weighted by molar-refractivity contribution is -0.162. The molecule has 9 heteroatoms. The molecule has 3 aromatic rings. The molecule has 0 saturated carbocycles. The highest BCUT2D eigenvalue weighted by Gasteiger charge is 2.36. The summed E-state index contributed by atoms with van der Waals surface area (Å²) in [6.45, 7) is 15.9. The molecule has 1 atom stereocenters. The summed E-state index contributed by atoms with van der Waals surface area (Å²) < 4.78 is 25.4. The lowest BCUT2D eigenvalue weighted by Gasteiger charge is -2.41. The van der Waals surface area contributed by atoms with Crippen LogP contribution < -0.4 is 9.64 Å². The number of carboxylic acid groups (broad SMARTS) is 1. The number of aryl methyl sites for hydroxylation is 2. The van der Waals surface area contributed by atoms with Crippen LogP contribution in [0.1, 0.15) is 82.5 Å². The Kier molecular flexibility index (Phi) is 9.50. The fraction of sp³-hybridized carbons (Fsp3) is 0.515. The molecular weight excluding hydrogens is 535 g/mol. The van der Waals surface area contributed by atoms with E-state index in [1.807, 2.05) is 34.6 Å². The van der Waals surface area contributed by atoms with E-state index in [1.165, 1.54) is 12.1 Å². The number of hydrogen-bond acceptors (Lipinski definition) is 7. The van der Waals surface area contributed by atoms with Crippen molar-refractivity contribution in [1.29, 1.82) is 0 Å². The Balaban J connectivity index is 1.72. The van der Waals surface area contributed by atoms with Crippen molar-refractivity contribution in [3.05, 3.63) is 65.0 Å². The van der Waals surface area contributed by atoms with Crippen molar-refractivity contribution in [2.45, 2.75) is 85.9 Å². The number of aliphatic carboxylic acids is 1. The zero-order valence-corrected chi connectivity index (χ0v) is 25.8. The van der Waals surface area contributed by atoms with E-state index in [0.717, 1.165) is 37.2 Å². The summed E-state index contributed by atoms with van der Waals surface area (Å²) in [7, 11) is 0. The Bertz CT molecular complexity index is 1400. The molecule has 42 heavy (non-hydrogen) atoms. The number of piperidine rings is 1. The van der Waals surface area contributed by atoms with Gasteiger partial charge in [0.25, 0.3) is 0 Å². The average molecular weight is 579 g/mol. The molecule has 1 aromatic carbocycles. The minimum atomic E-state index is -1.19. The van der Waals surface area contributed by atoms with Crippen molar-refractivity contribution < 1.29 is 23.8 Å². The van der Waals surface area contributed by atoms with Crippen LogP contribution in [0.15, 0.2) is 36.7 Å². The maximum Gasteiger partial charge on any atom is 0.337 e. The molecule has 1 unspecified atom stereocenters. The number of rotatable bonds is 11. The molecule has 0 aliphatic carbocycles. The van der Waals surface area contributed by atoms with E-state index in [1.54, 1.807) is 24.5 Å². The summed E-state index contributed by atoms with van der Waals surface area (Å²) in [4.78, 5) is 29.0. The minimum absolute atomic E-state index is 0.203. The van der Waals surface area contributed by atoms with E-state index >= 15 is 0 Å². The summed E-state index contributed by atoms with van der Waals surface area (Å²) >= 11 is 0. The van der Waals surface area contributed by atoms with Crippen LogP contribution in [0.25, 0.3) is 11.3 Å². The Hall–Kier alpha value is -3.59. The molecular formula is C33H43FN4O4. The van der Waals surface area contributed by atoms with Gasteiger partial charge in [-0.3, -0.25) is 4.98 Å². The molecule has 226 valence electrons. The highest BCUT2D eigenvalue weighted by Crippen LogP contribution is 2.43. The van der Waals surface area contributed by atoms with Gasteiger partial charge in [0, 0.05) is 42.5 Å². The fourth-order valence-corrected chi connectivity index (χ4v) is 5.08. The van der Waals surface area contributed by atoms with E-state index in [9.17, 15) is 14.3 Å². The lowest BCUT2D eigenvalue weighted by Crippen LogP contribution is -2.39. The van der Waals surface area contributed by atoms with Crippen LogP contribution in [0.4, 0.5) is 10.1 Å². The van der Waals surface area contributed by atoms with Gasteiger partial charge in [-0.1, -0.05) is 32.9 Å². The number of carbonyl (C=O) groups is 1. The summed E-state index contributed by atoms with van der Waals surface area (Å²) in [5, 5.41) is 10.4. The molecule has 1 aliphatic heterocycles. The predicted octanol–water partition coefficient (Wildman–Crippen LogP) is 6.87. The van der Waals surface area contributed by atoms with Gasteiger partial charge in [0.05, 0.1) is 29.8 Å². The van der Waals surface area contributed by atoms with Gasteiger partial charge in [0.15, 0.2) is 6.10 Å². The van der Waals surface area contributed by atoms with Crippen molar-refractivity contribution >= 4 is 11.7 Å². The molecule has 0 amide bonds. The SMILES string of the molecule is CCC(C)(C)OC(C(=O)O)c1c(C)ncc(-c2cnc(OCCc3ccc(F)cc3)c(C)n2)c1N1CCC(C)(C)CC1. The van der Waals surface area contributed by atoms with Crippen LogP contribution in [0.5, 0.6) is 5.88 Å². The van der Waals surface area contributed by atoms with Gasteiger partial charge in [0.2, 0.25) is 5.88 Å². The second kappa shape index (κ2) is 12.7. The highest BCUT2D eigenvalue weighted by atomic mass is 19.1. The maximum absolute atomic E-state index is 13.2. The average Bonchev–Trinajstić information content (AvgIpc) is 2.94. The molecule has 0 bridgehead atoms. The van der Waals surface area contributed by atoms with Gasteiger partial charge in [-0.15, -0.1) is 0 Å². The molecule has 1 N–H and O–H groups in total. The van der Waals surface area contributed by atoms with Gasteiger partial charge < -0.3 is 19.5 Å². The van der Waals surface area contributed by atoms with Crippen LogP contribution in [-0.2, 0) is 16.0 Å². The number of anilines is 1. The normalized spacial score (nSPS) is 15.9. The molecule has 4 rings (SSSR count). The lowest BCUT2D eigenvalue weighted by atomic mass is 9.82. The van der Waals surface area contributed by atoms with Crippen LogP contribution >= 0.6 is 0 Å². The number of benzene rings is 1. The second-order valence-corrected chi connectivity index (χ2v) is 12.5. The first-order chi connectivity index (χ1) is 19.8. The fourth-order valence-electron chi connectivity index (χ4n) is 5.08. The van der Waals surface area contributed by atoms with Crippen LogP contribution in [0.2, 0.25) is 0 Å². The van der Waals surface area contributed by atoms with E-state index in [2.05, 4.69) is 28.7 Å². The number of hydrogen-bond donors (Lipinski definition) is 1. The van der Waals surface area contributed by atoms with Gasteiger partial charge in [-0.25, -0.2) is 19.2 Å². The zero-order valence-electron chi connectivity index (χ0n) is 25.8. The standard InChI is InChI=1S/C33H43FN4O4/c1-8-33(6,7)42-29(31(39)40)27-21(2)35-19-25(28(27)38-16-14-32(4,5)15-17-38)26-20-36-30(22(3)37-26)41-18-13-23-9-11-24(34)12-10-23/h9-12,19-20,29H,8,13-18H2,1-7H3,(H,39,40). The third-order valence-electron chi connectivity index (χ3n) is 8.22. The van der Waals surface area contributed by atoms with Gasteiger partial charge >= 0.3 is 5.97 Å². The topological polar surface area (TPSA) is 97.7 Å². The monoisotopic (exact) mass is 578 g/mol. The smallest absolute Gasteiger partial charge is 0.337 e. The number of aromatic nitrogens is 3. The quantitative estimate of drug-likeness (QED) is 0.263. The molecule has 1 aliphatic rings. The largest absolute Gasteiger partial charge is 0.479 e. The third-order valence-corrected chi connectivity index (χ3v) is 8.22. The summed E-state index contributed by atoms with van der Waals surface area (Å²) in [5.41, 5.74) is 4.40. The Morgan fingerprint density at radius 1 is 1.10 bits per heavy atom. The number of pyridine rings is 1. The van der Waals surface area contributed by atoms with Crippen LogP contribution in [-0.4, -0.2) is 51.3 Å². The minimum Gasteiger partial charge on any atom is -0.479 e. The number of ether oxygens (including phenoxy) is 2. The molecule has 8 nitrogen and oxygen atoms in total. The molecule has 1 fully saturated rings. The number of halogens is 1. The van der Waals surface area contributed by atoms with Crippen LogP contribution in [0, 0.1) is 25.1 Å². The van der Waals surface area contributed by atoms with Gasteiger partial charge in [0.1, 0.15) is 11.5 Å². The first-order valence-electron chi connectivity index (χ1n) is 14.7. The summed E-state index contributed by atoms with van der Waals surface area (Å²) in [5.74, 6) is -0.906. The molecule has 1 saturated heterocycles. The Morgan fingerprint density at radius 3 is 2.36 bits per heavy atom. The highest BCUT2D eigenvalue weighted by molar-refractivity contribution is 5.85. The zero-order chi connectivity index (χ0) is 30.7. The molecule has 2 aromatic heterocycles. The van der Waals surface area contributed by atoms with E-state index < -0.39 is 17.7 Å². The first kappa shape index (κ1) is 31.3. The summed E-state index contributed by atoms with van der Waals surface area (Å²) in [6.07, 6.45) is 5.42. The second-order valence-electron chi connectivity index (χ2n) is 12.5. The predicted molar refractivity (Wildman–Crippen MR) is 161 cm³/mol. The number of carboxylic acids is 1. The van der Waals surface area contributed by atoms with Crippen molar-refractivity contribution in [3.63, 3.8) is 0 Å². The van der Waals surface area contributed by atoms with Crippen molar-refractivity contribution in [2.75, 3.05) is 24.6 Å². The summed E-state index contributed by atoms with van der Waals surface area (Å²) in [6, 6.07) is 6.34.